The first-order chi connectivity index (χ1) is 20.4. The Hall–Kier alpha value is -3.04. The summed E-state index contributed by atoms with van der Waals surface area (Å²) in [5.41, 5.74) is 3.30. The summed E-state index contributed by atoms with van der Waals surface area (Å²) in [4.78, 5) is 10.5. The molecular formula is C33H37Cl2N3O4. The second-order valence-corrected chi connectivity index (χ2v) is 10.9. The van der Waals surface area contributed by atoms with Crippen LogP contribution in [-0.2, 0) is 17.6 Å². The third kappa shape index (κ3) is 10.3. The topological polar surface area (TPSA) is 87.9 Å². The van der Waals surface area contributed by atoms with Crippen molar-refractivity contribution in [1.82, 2.24) is 14.9 Å². The van der Waals surface area contributed by atoms with Gasteiger partial charge >= 0.3 is 0 Å². The lowest BCUT2D eigenvalue weighted by atomic mass is 10.0. The van der Waals surface area contributed by atoms with Gasteiger partial charge < -0.3 is 19.7 Å². The largest absolute Gasteiger partial charge is 0.491 e. The summed E-state index contributed by atoms with van der Waals surface area (Å²) in [5.74, 6) is 0.778. The predicted octanol–water partition coefficient (Wildman–Crippen LogP) is 6.12. The van der Waals surface area contributed by atoms with Gasteiger partial charge in [-0.05, 0) is 67.3 Å². The van der Waals surface area contributed by atoms with Crippen LogP contribution in [0.25, 0.3) is 0 Å². The molecule has 0 fully saturated rings. The summed E-state index contributed by atoms with van der Waals surface area (Å²) in [5, 5.41) is 22.6. The molecule has 42 heavy (non-hydrogen) atoms. The molecule has 0 radical (unpaired) electrons. The van der Waals surface area contributed by atoms with Gasteiger partial charge in [-0.3, -0.25) is 4.90 Å². The normalized spacial score (nSPS) is 13.6. The molecule has 0 saturated carbocycles. The van der Waals surface area contributed by atoms with Crippen LogP contribution < -0.4 is 4.74 Å². The number of benzene rings is 2. The molecule has 0 amide bonds. The molecule has 7 nitrogen and oxygen atoms in total. The number of rotatable bonds is 16. The zero-order valence-electron chi connectivity index (χ0n) is 23.7. The molecule has 0 aliphatic heterocycles. The van der Waals surface area contributed by atoms with E-state index in [9.17, 15) is 10.2 Å². The van der Waals surface area contributed by atoms with E-state index in [1.165, 1.54) is 5.56 Å². The van der Waals surface area contributed by atoms with Gasteiger partial charge in [0.25, 0.3) is 0 Å². The van der Waals surface area contributed by atoms with Crippen LogP contribution >= 0.6 is 23.2 Å². The molecule has 9 heteroatoms. The second kappa shape index (κ2) is 16.6. The fourth-order valence-corrected chi connectivity index (χ4v) is 4.97. The van der Waals surface area contributed by atoms with Gasteiger partial charge in [0.05, 0.1) is 24.6 Å². The molecule has 2 heterocycles. The van der Waals surface area contributed by atoms with E-state index >= 15 is 0 Å². The highest BCUT2D eigenvalue weighted by molar-refractivity contribution is 6.29. The van der Waals surface area contributed by atoms with Gasteiger partial charge in [-0.1, -0.05) is 77.8 Å². The first kappa shape index (κ1) is 31.9. The molecule has 0 aliphatic carbocycles. The number of hydrogen-bond acceptors (Lipinski definition) is 7. The van der Waals surface area contributed by atoms with E-state index in [0.717, 1.165) is 17.7 Å². The Morgan fingerprint density at radius 3 is 1.86 bits per heavy atom. The zero-order valence-corrected chi connectivity index (χ0v) is 25.2. The van der Waals surface area contributed by atoms with E-state index in [1.54, 1.807) is 36.4 Å². The summed E-state index contributed by atoms with van der Waals surface area (Å²) in [7, 11) is 0. The number of nitrogens with zero attached hydrogens (tertiary/aromatic N) is 3. The number of aromatic nitrogens is 2. The van der Waals surface area contributed by atoms with Crippen molar-refractivity contribution in [2.24, 2.45) is 0 Å². The number of aliphatic hydroxyl groups is 2. The van der Waals surface area contributed by atoms with Crippen molar-refractivity contribution in [3.05, 3.63) is 124 Å². The molecule has 0 aliphatic rings. The Morgan fingerprint density at radius 2 is 1.29 bits per heavy atom. The summed E-state index contributed by atoms with van der Waals surface area (Å²) in [6, 6.07) is 28.5. The molecule has 4 rings (SSSR count). The van der Waals surface area contributed by atoms with Crippen LogP contribution in [0.5, 0.6) is 5.75 Å². The minimum atomic E-state index is -0.892. The number of aliphatic hydroxyl groups excluding tert-OH is 2. The van der Waals surface area contributed by atoms with E-state index in [2.05, 4.69) is 29.0 Å². The maximum atomic E-state index is 11.0. The van der Waals surface area contributed by atoms with Gasteiger partial charge in [0, 0.05) is 19.1 Å². The lowest BCUT2D eigenvalue weighted by molar-refractivity contribution is 0.0452. The van der Waals surface area contributed by atoms with Crippen LogP contribution in [0.1, 0.15) is 41.6 Å². The third-order valence-electron chi connectivity index (χ3n) is 6.92. The minimum absolute atomic E-state index is 0.0301. The van der Waals surface area contributed by atoms with E-state index in [4.69, 9.17) is 32.7 Å². The van der Waals surface area contributed by atoms with Crippen LogP contribution in [0, 0.1) is 0 Å². The Labute approximate surface area is 257 Å². The lowest BCUT2D eigenvalue weighted by Gasteiger charge is -2.32. The van der Waals surface area contributed by atoms with Crippen molar-refractivity contribution in [3.8, 4) is 5.75 Å². The van der Waals surface area contributed by atoms with Crippen molar-refractivity contribution in [1.29, 1.82) is 0 Å². The molecule has 222 valence electrons. The van der Waals surface area contributed by atoms with Gasteiger partial charge in [-0.25, -0.2) is 9.97 Å². The van der Waals surface area contributed by atoms with Crippen molar-refractivity contribution in [3.63, 3.8) is 0 Å². The average molecular weight is 611 g/mol. The maximum absolute atomic E-state index is 11.0. The molecule has 0 bridgehead atoms. The molecule has 0 spiro atoms. The van der Waals surface area contributed by atoms with E-state index in [0.29, 0.717) is 47.9 Å². The van der Waals surface area contributed by atoms with Crippen molar-refractivity contribution in [2.45, 2.75) is 38.0 Å². The van der Waals surface area contributed by atoms with Gasteiger partial charge in [-0.15, -0.1) is 0 Å². The van der Waals surface area contributed by atoms with Crippen molar-refractivity contribution in [2.75, 3.05) is 32.9 Å². The number of hydrogen-bond donors (Lipinski definition) is 2. The highest BCUT2D eigenvalue weighted by Gasteiger charge is 2.24. The summed E-state index contributed by atoms with van der Waals surface area (Å²) in [6.07, 6.45) is -0.217. The van der Waals surface area contributed by atoms with E-state index in [-0.39, 0.29) is 19.1 Å². The highest BCUT2D eigenvalue weighted by atomic mass is 35.5. The fraction of sp³-hybridized carbons (Fsp3) is 0.333. The molecule has 2 aromatic heterocycles. The molecular weight excluding hydrogens is 573 g/mol. The molecule has 0 unspecified atom stereocenters. The van der Waals surface area contributed by atoms with Crippen molar-refractivity contribution < 1.29 is 19.7 Å². The van der Waals surface area contributed by atoms with Gasteiger partial charge in [0.2, 0.25) is 0 Å². The molecule has 0 saturated heterocycles. The SMILES string of the molecule is C[C@H](Cc1ccc(OCCOCCc2ccccc2)cc1)N(C[C@H](O)c1cccc(Cl)n1)C[C@H](O)c1cccc(Cl)n1. The first-order valence-corrected chi connectivity index (χ1v) is 14.8. The third-order valence-corrected chi connectivity index (χ3v) is 7.34. The minimum Gasteiger partial charge on any atom is -0.491 e. The average Bonchev–Trinajstić information content (AvgIpc) is 2.99. The summed E-state index contributed by atoms with van der Waals surface area (Å²) < 4.78 is 11.6. The zero-order chi connectivity index (χ0) is 29.7. The van der Waals surface area contributed by atoms with Crippen molar-refractivity contribution >= 4 is 23.2 Å². The smallest absolute Gasteiger partial charge is 0.129 e. The first-order valence-electron chi connectivity index (χ1n) is 14.1. The highest BCUT2D eigenvalue weighted by Crippen LogP contribution is 2.22. The van der Waals surface area contributed by atoms with Gasteiger partial charge in [0.15, 0.2) is 0 Å². The van der Waals surface area contributed by atoms with E-state index < -0.39 is 12.2 Å². The van der Waals surface area contributed by atoms with Gasteiger partial charge in [0.1, 0.15) is 34.9 Å². The number of pyridine rings is 2. The maximum Gasteiger partial charge on any atom is 0.129 e. The van der Waals surface area contributed by atoms with Gasteiger partial charge in [-0.2, -0.15) is 0 Å². The quantitative estimate of drug-likeness (QED) is 0.117. The number of halogens is 2. The Balaban J connectivity index is 1.31. The fourth-order valence-electron chi connectivity index (χ4n) is 4.63. The Bertz CT molecular complexity index is 1310. The van der Waals surface area contributed by atoms with Crippen LogP contribution in [-0.4, -0.2) is 64.0 Å². The van der Waals surface area contributed by atoms with Crippen LogP contribution in [0.4, 0.5) is 0 Å². The van der Waals surface area contributed by atoms with Crippen LogP contribution in [0.3, 0.4) is 0 Å². The Kier molecular flexibility index (Phi) is 12.6. The molecule has 2 N–H and O–H groups in total. The Morgan fingerprint density at radius 1 is 0.690 bits per heavy atom. The molecule has 2 aromatic carbocycles. The standard InChI is InChI=1S/C33H37Cl2N3O4/c1-24(21-26-13-15-27(16-14-26)42-20-19-41-18-17-25-7-3-2-4-8-25)38(22-30(39)28-9-5-11-32(34)36-28)23-31(40)29-10-6-12-33(35)37-29/h2-16,24,30-31,39-40H,17-23H2,1H3/t24-,30+,31+/m1/s1. The number of ether oxygens (including phenoxy) is 2. The second-order valence-electron chi connectivity index (χ2n) is 10.1. The predicted molar refractivity (Wildman–Crippen MR) is 166 cm³/mol. The summed E-state index contributed by atoms with van der Waals surface area (Å²) in [6.45, 7) is 4.21. The van der Waals surface area contributed by atoms with Crippen LogP contribution in [0.15, 0.2) is 91.0 Å². The lowest BCUT2D eigenvalue weighted by Crippen LogP contribution is -2.40. The van der Waals surface area contributed by atoms with E-state index in [1.807, 2.05) is 47.4 Å². The van der Waals surface area contributed by atoms with Crippen LogP contribution in [0.2, 0.25) is 10.3 Å². The monoisotopic (exact) mass is 609 g/mol. The molecule has 3 atom stereocenters. The summed E-state index contributed by atoms with van der Waals surface area (Å²) >= 11 is 12.1. The molecule has 4 aromatic rings.